The summed E-state index contributed by atoms with van der Waals surface area (Å²) in [6.45, 7) is 2.84. The summed E-state index contributed by atoms with van der Waals surface area (Å²) in [5, 5.41) is 15.2. The number of nitrogens with zero attached hydrogens (tertiary/aromatic N) is 1. The highest BCUT2D eigenvalue weighted by atomic mass is 16.5. The first-order valence-corrected chi connectivity index (χ1v) is 11.8. The van der Waals surface area contributed by atoms with Gasteiger partial charge in [-0.1, -0.05) is 38.0 Å². The first-order valence-electron chi connectivity index (χ1n) is 11.8. The van der Waals surface area contributed by atoms with Gasteiger partial charge in [0.05, 0.1) is 17.9 Å². The fourth-order valence-electron chi connectivity index (χ4n) is 5.67. The van der Waals surface area contributed by atoms with E-state index in [2.05, 4.69) is 17.6 Å². The van der Waals surface area contributed by atoms with Gasteiger partial charge in [-0.2, -0.15) is 0 Å². The fourth-order valence-corrected chi connectivity index (χ4v) is 5.67. The number of nitrogens with one attached hydrogen (secondary N) is 2. The van der Waals surface area contributed by atoms with Crippen LogP contribution >= 0.6 is 0 Å². The maximum atomic E-state index is 13.5. The molecule has 3 aliphatic heterocycles. The number of ether oxygens (including phenoxy) is 1. The summed E-state index contributed by atoms with van der Waals surface area (Å²) in [5.74, 6) is -2.00. The predicted octanol–water partition coefficient (Wildman–Crippen LogP) is 1.69. The van der Waals surface area contributed by atoms with Crippen molar-refractivity contribution in [2.75, 3.05) is 25.0 Å². The number of fused-ring (bicyclic) bond motifs is 1. The second kappa shape index (κ2) is 9.58. The molecule has 0 saturated carbocycles. The second-order valence-electron chi connectivity index (χ2n) is 9.02. The Morgan fingerprint density at radius 2 is 1.97 bits per heavy atom. The van der Waals surface area contributed by atoms with Gasteiger partial charge in [-0.3, -0.25) is 14.4 Å². The van der Waals surface area contributed by atoms with E-state index in [1.165, 1.54) is 0 Å². The van der Waals surface area contributed by atoms with E-state index in [-0.39, 0.29) is 37.0 Å². The molecule has 5 atom stereocenters. The molecule has 0 aromatic heterocycles. The molecule has 8 nitrogen and oxygen atoms in total. The first kappa shape index (κ1) is 22.7. The number of rotatable bonds is 10. The van der Waals surface area contributed by atoms with Gasteiger partial charge in [0.1, 0.15) is 11.6 Å². The van der Waals surface area contributed by atoms with E-state index in [0.29, 0.717) is 31.5 Å². The molecule has 3 fully saturated rings. The number of anilines is 1. The minimum atomic E-state index is -0.981. The molecule has 2 bridgehead atoms. The monoisotopic (exact) mass is 443 g/mol. The lowest BCUT2D eigenvalue weighted by Crippen LogP contribution is -2.55. The van der Waals surface area contributed by atoms with Crippen molar-refractivity contribution in [2.24, 2.45) is 11.8 Å². The van der Waals surface area contributed by atoms with Gasteiger partial charge in [0.25, 0.3) is 0 Å². The van der Waals surface area contributed by atoms with Crippen LogP contribution in [0.4, 0.5) is 5.69 Å². The molecule has 1 aromatic carbocycles. The number of carbonyl (C=O) groups is 3. The topological polar surface area (TPSA) is 108 Å². The smallest absolute Gasteiger partial charge is 0.245 e. The van der Waals surface area contributed by atoms with Crippen molar-refractivity contribution in [3.63, 3.8) is 0 Å². The van der Waals surface area contributed by atoms with Crippen molar-refractivity contribution in [3.8, 4) is 0 Å². The molecule has 3 heterocycles. The molecule has 3 amide bonds. The molecule has 4 rings (SSSR count). The second-order valence-corrected chi connectivity index (χ2v) is 9.02. The molecular formula is C24H33N3O5. The van der Waals surface area contributed by atoms with Crippen molar-refractivity contribution in [1.29, 1.82) is 0 Å². The molecule has 174 valence electrons. The summed E-state index contributed by atoms with van der Waals surface area (Å²) < 4.78 is 6.35. The van der Waals surface area contributed by atoms with E-state index in [1.54, 1.807) is 17.0 Å². The number of carbonyl (C=O) groups excluding carboxylic acids is 3. The number of aliphatic hydroxyl groups excluding tert-OH is 1. The Kier molecular flexibility index (Phi) is 6.81. The fraction of sp³-hybridized carbons (Fsp3) is 0.625. The number of amides is 3. The third kappa shape index (κ3) is 3.90. The summed E-state index contributed by atoms with van der Waals surface area (Å²) in [7, 11) is 0. The molecule has 0 radical (unpaired) electrons. The Hall–Kier alpha value is -2.45. The van der Waals surface area contributed by atoms with Gasteiger partial charge in [-0.15, -0.1) is 0 Å². The Labute approximate surface area is 188 Å². The molecule has 1 spiro atoms. The van der Waals surface area contributed by atoms with Gasteiger partial charge in [-0.05, 0) is 37.8 Å². The molecule has 3 N–H and O–H groups in total. The number of benzene rings is 1. The molecule has 8 heteroatoms. The van der Waals surface area contributed by atoms with Gasteiger partial charge in [0.15, 0.2) is 0 Å². The van der Waals surface area contributed by atoms with E-state index < -0.39 is 23.5 Å². The van der Waals surface area contributed by atoms with Crippen LogP contribution in [0, 0.1) is 11.8 Å². The zero-order valence-electron chi connectivity index (χ0n) is 18.6. The van der Waals surface area contributed by atoms with E-state index >= 15 is 0 Å². The minimum absolute atomic E-state index is 0.0757. The van der Waals surface area contributed by atoms with Crippen LogP contribution in [0.15, 0.2) is 30.3 Å². The van der Waals surface area contributed by atoms with Crippen LogP contribution in [-0.4, -0.2) is 65.2 Å². The third-order valence-electron chi connectivity index (χ3n) is 7.03. The number of hydrogen-bond donors (Lipinski definition) is 3. The maximum absolute atomic E-state index is 13.5. The van der Waals surface area contributed by atoms with Gasteiger partial charge < -0.3 is 25.4 Å². The van der Waals surface area contributed by atoms with Crippen molar-refractivity contribution < 1.29 is 24.2 Å². The van der Waals surface area contributed by atoms with Gasteiger partial charge in [0, 0.05) is 25.4 Å². The highest BCUT2D eigenvalue weighted by Crippen LogP contribution is 2.58. The quantitative estimate of drug-likeness (QED) is 0.477. The van der Waals surface area contributed by atoms with Gasteiger partial charge in [-0.25, -0.2) is 0 Å². The van der Waals surface area contributed by atoms with Crippen LogP contribution in [-0.2, 0) is 19.1 Å². The molecule has 3 saturated heterocycles. The van der Waals surface area contributed by atoms with E-state index in [9.17, 15) is 19.5 Å². The number of hydrogen-bond acceptors (Lipinski definition) is 5. The largest absolute Gasteiger partial charge is 0.396 e. The Balaban J connectivity index is 1.58. The highest BCUT2D eigenvalue weighted by molar-refractivity contribution is 6.01. The Bertz CT molecular complexity index is 847. The molecule has 2 unspecified atom stereocenters. The van der Waals surface area contributed by atoms with Crippen molar-refractivity contribution >= 4 is 23.4 Å². The molecule has 32 heavy (non-hydrogen) atoms. The number of unbranched alkanes of at least 4 members (excludes halogenated alkanes) is 2. The maximum Gasteiger partial charge on any atom is 0.245 e. The summed E-state index contributed by atoms with van der Waals surface area (Å²) in [4.78, 5) is 41.6. The minimum Gasteiger partial charge on any atom is -0.396 e. The van der Waals surface area contributed by atoms with Gasteiger partial charge >= 0.3 is 0 Å². The predicted molar refractivity (Wildman–Crippen MR) is 119 cm³/mol. The van der Waals surface area contributed by atoms with Crippen LogP contribution in [0.3, 0.4) is 0 Å². The molecule has 1 aromatic rings. The van der Waals surface area contributed by atoms with E-state index in [0.717, 1.165) is 19.3 Å². The van der Waals surface area contributed by atoms with Crippen LogP contribution in [0.25, 0.3) is 0 Å². The average molecular weight is 444 g/mol. The first-order chi connectivity index (χ1) is 15.5. The zero-order valence-corrected chi connectivity index (χ0v) is 18.6. The lowest BCUT2D eigenvalue weighted by atomic mass is 9.70. The summed E-state index contributed by atoms with van der Waals surface area (Å²) in [6, 6.07) is 8.38. The summed E-state index contributed by atoms with van der Waals surface area (Å²) >= 11 is 0. The SMILES string of the molecule is CCCCCNC(=O)C1N(CCCO)C(=O)[C@@H]2[C@@H](C(=O)Nc3ccccc3)[C@H]3CCC12O3. The third-order valence-corrected chi connectivity index (χ3v) is 7.03. The van der Waals surface area contributed by atoms with Crippen molar-refractivity contribution in [2.45, 2.75) is 63.2 Å². The van der Waals surface area contributed by atoms with Gasteiger partial charge in [0.2, 0.25) is 17.7 Å². The molecule has 3 aliphatic rings. The molecule has 0 aliphatic carbocycles. The summed E-state index contributed by atoms with van der Waals surface area (Å²) in [5.41, 5.74) is -0.313. The number of aliphatic hydroxyl groups is 1. The van der Waals surface area contributed by atoms with Crippen molar-refractivity contribution in [1.82, 2.24) is 10.2 Å². The lowest BCUT2D eigenvalue weighted by Gasteiger charge is -2.33. The number of para-hydroxylation sites is 1. The normalized spacial score (nSPS) is 30.4. The van der Waals surface area contributed by atoms with Crippen LogP contribution < -0.4 is 10.6 Å². The highest BCUT2D eigenvalue weighted by Gasteiger charge is 2.74. The van der Waals surface area contributed by atoms with Crippen LogP contribution in [0.5, 0.6) is 0 Å². The van der Waals surface area contributed by atoms with Crippen LogP contribution in [0.1, 0.15) is 45.4 Å². The average Bonchev–Trinajstić information content (AvgIpc) is 3.43. The zero-order chi connectivity index (χ0) is 22.7. The van der Waals surface area contributed by atoms with E-state index in [4.69, 9.17) is 4.74 Å². The Morgan fingerprint density at radius 1 is 1.19 bits per heavy atom. The summed E-state index contributed by atoms with van der Waals surface area (Å²) in [6.07, 6.45) is 4.17. The lowest BCUT2D eigenvalue weighted by molar-refractivity contribution is -0.141. The standard InChI is InChI=1S/C24H33N3O5/c1-2-3-7-13-25-22(30)20-24-12-11-17(32-24)18(19(24)23(31)27(20)14-8-15-28)21(29)26-16-9-5-4-6-10-16/h4-6,9-10,17-20,28H,2-3,7-8,11-15H2,1H3,(H,25,30)(H,26,29)/t17-,18+,19+,20?,24?/m1/s1. The Morgan fingerprint density at radius 3 is 2.69 bits per heavy atom. The van der Waals surface area contributed by atoms with E-state index in [1.807, 2.05) is 18.2 Å². The molecular weight excluding hydrogens is 410 g/mol. The van der Waals surface area contributed by atoms with Crippen molar-refractivity contribution in [3.05, 3.63) is 30.3 Å². The van der Waals surface area contributed by atoms with Crippen LogP contribution in [0.2, 0.25) is 0 Å². The number of likely N-dealkylation sites (tertiary alicyclic amines) is 1.